The van der Waals surface area contributed by atoms with Gasteiger partial charge in [0.25, 0.3) is 0 Å². The molecule has 0 saturated carbocycles. The van der Waals surface area contributed by atoms with E-state index in [0.29, 0.717) is 13.0 Å². The number of hydrogen-bond acceptors (Lipinski definition) is 2. The van der Waals surface area contributed by atoms with Crippen LogP contribution >= 0.6 is 0 Å². The van der Waals surface area contributed by atoms with Gasteiger partial charge in [-0.1, -0.05) is 141 Å². The molecule has 0 atom stereocenters. The number of hydrogen-bond donors (Lipinski definition) is 0. The number of allylic oxidation sites excluding steroid dienone is 1. The molecule has 190 valence electrons. The number of esters is 1. The van der Waals surface area contributed by atoms with Crippen molar-refractivity contribution >= 4 is 5.97 Å². The van der Waals surface area contributed by atoms with Crippen LogP contribution in [0.1, 0.15) is 167 Å². The fraction of sp³-hybridized carbons (Fsp3) is 0.900. The lowest BCUT2D eigenvalue weighted by atomic mass is 10.0. The number of unbranched alkanes of at least 4 members (excludes halogenated alkanes) is 22. The first-order valence-electron chi connectivity index (χ1n) is 14.6. The van der Waals surface area contributed by atoms with Crippen LogP contribution in [-0.4, -0.2) is 12.6 Å². The molecule has 0 aliphatic carbocycles. The van der Waals surface area contributed by atoms with Crippen LogP contribution in [0.5, 0.6) is 0 Å². The zero-order valence-corrected chi connectivity index (χ0v) is 22.0. The van der Waals surface area contributed by atoms with Crippen LogP contribution in [0.25, 0.3) is 0 Å². The second-order valence-electron chi connectivity index (χ2n) is 9.83. The van der Waals surface area contributed by atoms with Gasteiger partial charge in [-0.15, -0.1) is 6.58 Å². The number of ether oxygens (including phenoxy) is 1. The second-order valence-corrected chi connectivity index (χ2v) is 9.83. The summed E-state index contributed by atoms with van der Waals surface area (Å²) in [6, 6.07) is 0. The Labute approximate surface area is 202 Å². The summed E-state index contributed by atoms with van der Waals surface area (Å²) in [7, 11) is 0. The first-order chi connectivity index (χ1) is 15.8. The predicted octanol–water partition coefficient (Wildman–Crippen LogP) is 10.5. The largest absolute Gasteiger partial charge is 0.466 e. The maximum absolute atomic E-state index is 11.8. The van der Waals surface area contributed by atoms with E-state index in [9.17, 15) is 4.79 Å². The zero-order valence-electron chi connectivity index (χ0n) is 22.0. The Bertz CT molecular complexity index is 377. The van der Waals surface area contributed by atoms with Gasteiger partial charge in [0.15, 0.2) is 0 Å². The Morgan fingerprint density at radius 1 is 0.562 bits per heavy atom. The number of carbonyl (C=O) groups excluding carboxylic acids is 1. The van der Waals surface area contributed by atoms with Crippen molar-refractivity contribution in [3.05, 3.63) is 12.7 Å². The third-order valence-electron chi connectivity index (χ3n) is 6.55. The monoisotopic (exact) mass is 450 g/mol. The quantitative estimate of drug-likeness (QED) is 0.0706. The van der Waals surface area contributed by atoms with E-state index in [2.05, 4.69) is 13.5 Å². The molecule has 0 amide bonds. The summed E-state index contributed by atoms with van der Waals surface area (Å²) < 4.78 is 5.37. The van der Waals surface area contributed by atoms with Crippen molar-refractivity contribution < 1.29 is 9.53 Å². The number of carbonyl (C=O) groups is 1. The third-order valence-corrected chi connectivity index (χ3v) is 6.55. The van der Waals surface area contributed by atoms with Crippen LogP contribution in [0.3, 0.4) is 0 Å². The van der Waals surface area contributed by atoms with Crippen molar-refractivity contribution in [1.82, 2.24) is 0 Å². The van der Waals surface area contributed by atoms with Crippen molar-refractivity contribution in [3.63, 3.8) is 0 Å². The Kier molecular flexibility index (Phi) is 27.5. The van der Waals surface area contributed by atoms with Crippen LogP contribution < -0.4 is 0 Å². The summed E-state index contributed by atoms with van der Waals surface area (Å²) in [6.07, 6.45) is 34.3. The van der Waals surface area contributed by atoms with E-state index in [1.807, 2.05) is 6.08 Å². The molecule has 0 aliphatic rings. The molecule has 2 heteroatoms. The first-order valence-corrected chi connectivity index (χ1v) is 14.6. The molecule has 0 rings (SSSR count). The molecule has 0 spiro atoms. The van der Waals surface area contributed by atoms with E-state index >= 15 is 0 Å². The lowest BCUT2D eigenvalue weighted by molar-refractivity contribution is -0.143. The fourth-order valence-corrected chi connectivity index (χ4v) is 4.35. The Morgan fingerprint density at radius 2 is 0.938 bits per heavy atom. The molecule has 0 heterocycles. The topological polar surface area (TPSA) is 26.3 Å². The molecule has 0 aromatic rings. The third kappa shape index (κ3) is 27.2. The minimum Gasteiger partial charge on any atom is -0.466 e. The van der Waals surface area contributed by atoms with Crippen LogP contribution in [0.4, 0.5) is 0 Å². The summed E-state index contributed by atoms with van der Waals surface area (Å²) in [4.78, 5) is 11.8. The van der Waals surface area contributed by atoms with Crippen LogP contribution in [0.15, 0.2) is 12.7 Å². The zero-order chi connectivity index (χ0) is 23.4. The highest BCUT2D eigenvalue weighted by Crippen LogP contribution is 2.14. The molecule has 0 aliphatic heterocycles. The van der Waals surface area contributed by atoms with E-state index in [1.54, 1.807) is 0 Å². The van der Waals surface area contributed by atoms with Crippen molar-refractivity contribution in [1.29, 1.82) is 0 Å². The molecular weight excluding hydrogens is 392 g/mol. The SMILES string of the molecule is C=CCCCCCCCCCCCCCCCCCC(=O)OCCCCCCCCCC. The summed E-state index contributed by atoms with van der Waals surface area (Å²) in [5.41, 5.74) is 0. The molecule has 0 saturated heterocycles. The smallest absolute Gasteiger partial charge is 0.305 e. The fourth-order valence-electron chi connectivity index (χ4n) is 4.35. The highest BCUT2D eigenvalue weighted by molar-refractivity contribution is 5.69. The minimum atomic E-state index is 0.0182. The maximum atomic E-state index is 11.8. The van der Waals surface area contributed by atoms with E-state index in [0.717, 1.165) is 12.8 Å². The van der Waals surface area contributed by atoms with Gasteiger partial charge in [-0.25, -0.2) is 0 Å². The van der Waals surface area contributed by atoms with Gasteiger partial charge in [0.05, 0.1) is 6.61 Å². The summed E-state index contributed by atoms with van der Waals surface area (Å²) >= 11 is 0. The maximum Gasteiger partial charge on any atom is 0.305 e. The minimum absolute atomic E-state index is 0.0182. The predicted molar refractivity (Wildman–Crippen MR) is 142 cm³/mol. The molecule has 0 aromatic carbocycles. The van der Waals surface area contributed by atoms with Crippen molar-refractivity contribution in [3.8, 4) is 0 Å². The van der Waals surface area contributed by atoms with Crippen LogP contribution in [0, 0.1) is 0 Å². The average molecular weight is 451 g/mol. The van der Waals surface area contributed by atoms with Gasteiger partial charge in [0.2, 0.25) is 0 Å². The van der Waals surface area contributed by atoms with Crippen molar-refractivity contribution in [2.45, 2.75) is 167 Å². The molecule has 0 radical (unpaired) electrons. The van der Waals surface area contributed by atoms with E-state index in [-0.39, 0.29) is 5.97 Å². The van der Waals surface area contributed by atoms with Crippen LogP contribution in [-0.2, 0) is 9.53 Å². The van der Waals surface area contributed by atoms with E-state index in [4.69, 9.17) is 4.74 Å². The molecule has 0 fully saturated rings. The van der Waals surface area contributed by atoms with Crippen molar-refractivity contribution in [2.75, 3.05) is 6.61 Å². The van der Waals surface area contributed by atoms with Gasteiger partial charge >= 0.3 is 5.97 Å². The lowest BCUT2D eigenvalue weighted by Gasteiger charge is -2.05. The molecule has 0 unspecified atom stereocenters. The second kappa shape index (κ2) is 28.2. The lowest BCUT2D eigenvalue weighted by Crippen LogP contribution is -2.05. The Morgan fingerprint density at radius 3 is 1.38 bits per heavy atom. The van der Waals surface area contributed by atoms with Gasteiger partial charge in [-0.2, -0.15) is 0 Å². The highest BCUT2D eigenvalue weighted by atomic mass is 16.5. The first kappa shape index (κ1) is 31.2. The number of rotatable bonds is 27. The van der Waals surface area contributed by atoms with E-state index < -0.39 is 0 Å². The molecule has 0 N–H and O–H groups in total. The molecule has 0 aromatic heterocycles. The van der Waals surface area contributed by atoms with Gasteiger partial charge in [0, 0.05) is 6.42 Å². The standard InChI is InChI=1S/C30H58O2/c1-3-5-7-9-11-13-14-15-16-17-18-19-20-21-22-24-26-28-30(31)32-29-27-25-23-12-10-8-6-4-2/h3H,1,4-29H2,2H3. The van der Waals surface area contributed by atoms with Gasteiger partial charge in [0.1, 0.15) is 0 Å². The van der Waals surface area contributed by atoms with Gasteiger partial charge in [-0.05, 0) is 25.7 Å². The molecular formula is C30H58O2. The Hall–Kier alpha value is -0.790. The molecule has 2 nitrogen and oxygen atoms in total. The van der Waals surface area contributed by atoms with Crippen LogP contribution in [0.2, 0.25) is 0 Å². The molecule has 32 heavy (non-hydrogen) atoms. The summed E-state index contributed by atoms with van der Waals surface area (Å²) in [5, 5.41) is 0. The Balaban J connectivity index is 3.13. The molecule has 0 bridgehead atoms. The van der Waals surface area contributed by atoms with E-state index in [1.165, 1.54) is 141 Å². The summed E-state index contributed by atoms with van der Waals surface area (Å²) in [5.74, 6) is 0.0182. The normalized spacial score (nSPS) is 11.0. The highest BCUT2D eigenvalue weighted by Gasteiger charge is 2.02. The van der Waals surface area contributed by atoms with Gasteiger partial charge in [-0.3, -0.25) is 4.79 Å². The summed E-state index contributed by atoms with van der Waals surface area (Å²) in [6.45, 7) is 6.67. The average Bonchev–Trinajstić information content (AvgIpc) is 2.80. The van der Waals surface area contributed by atoms with Gasteiger partial charge < -0.3 is 4.74 Å². The van der Waals surface area contributed by atoms with Crippen molar-refractivity contribution in [2.24, 2.45) is 0 Å².